The van der Waals surface area contributed by atoms with Crippen molar-refractivity contribution in [3.8, 4) is 11.5 Å². The summed E-state index contributed by atoms with van der Waals surface area (Å²) in [5.41, 5.74) is 3.41. The minimum absolute atomic E-state index is 0.0456. The lowest BCUT2D eigenvalue weighted by Gasteiger charge is -2.14. The molecule has 1 unspecified atom stereocenters. The Bertz CT molecular complexity index is 858. The number of carbonyl (C=O) groups is 1. The van der Waals surface area contributed by atoms with Crippen LogP contribution in [0.15, 0.2) is 40.4 Å². The van der Waals surface area contributed by atoms with Crippen LogP contribution in [0, 0.1) is 6.92 Å². The van der Waals surface area contributed by atoms with Crippen LogP contribution in [0.1, 0.15) is 33.5 Å². The van der Waals surface area contributed by atoms with E-state index in [1.54, 1.807) is 5.51 Å². The van der Waals surface area contributed by atoms with Crippen molar-refractivity contribution < 1.29 is 9.32 Å². The second-order valence-corrected chi connectivity index (χ2v) is 6.68. The highest BCUT2D eigenvalue weighted by Crippen LogP contribution is 2.29. The normalized spacial score (nSPS) is 17.4. The van der Waals surface area contributed by atoms with Crippen molar-refractivity contribution in [3.63, 3.8) is 0 Å². The molecule has 1 amide bonds. The van der Waals surface area contributed by atoms with Crippen molar-refractivity contribution in [2.24, 2.45) is 0 Å². The lowest BCUT2D eigenvalue weighted by atomic mass is 10.1. The number of carbonyl (C=O) groups excluding carboxylic acids is 1. The van der Waals surface area contributed by atoms with Crippen molar-refractivity contribution in [1.29, 1.82) is 0 Å². The second kappa shape index (κ2) is 6.16. The number of aromatic nitrogens is 3. The first-order valence-corrected chi connectivity index (χ1v) is 8.68. The molecule has 1 atom stereocenters. The molecule has 7 heteroatoms. The molecule has 122 valence electrons. The molecular weight excluding hydrogens is 324 g/mol. The van der Waals surface area contributed by atoms with Crippen LogP contribution in [0.25, 0.3) is 11.5 Å². The first kappa shape index (κ1) is 15.0. The molecular formula is C17H16N4O2S. The van der Waals surface area contributed by atoms with Gasteiger partial charge >= 0.3 is 0 Å². The van der Waals surface area contributed by atoms with Gasteiger partial charge in [0.25, 0.3) is 11.8 Å². The third kappa shape index (κ3) is 2.71. The molecule has 0 spiro atoms. The summed E-state index contributed by atoms with van der Waals surface area (Å²) < 4.78 is 5.38. The standard InChI is InChI=1S/C17H16N4O2S/c1-11-14(24-10-18-11)17(22)21-8-7-13(9-21)15-19-16(23-20-15)12-5-3-2-4-6-12/h2-6,10,13H,7-9H2,1H3. The molecule has 1 aliphatic heterocycles. The number of benzene rings is 1. The van der Waals surface area contributed by atoms with Gasteiger partial charge in [-0.2, -0.15) is 4.98 Å². The summed E-state index contributed by atoms with van der Waals surface area (Å²) in [5, 5.41) is 4.11. The van der Waals surface area contributed by atoms with E-state index >= 15 is 0 Å². The van der Waals surface area contributed by atoms with Crippen molar-refractivity contribution in [2.75, 3.05) is 13.1 Å². The molecule has 1 aliphatic rings. The molecule has 0 N–H and O–H groups in total. The molecule has 24 heavy (non-hydrogen) atoms. The molecule has 2 aromatic heterocycles. The quantitative estimate of drug-likeness (QED) is 0.732. The average molecular weight is 340 g/mol. The maximum atomic E-state index is 12.6. The molecule has 0 saturated carbocycles. The maximum Gasteiger partial charge on any atom is 0.265 e. The number of aryl methyl sites for hydroxylation is 1. The zero-order valence-electron chi connectivity index (χ0n) is 13.2. The average Bonchev–Trinajstić information content (AvgIpc) is 3.35. The third-order valence-corrected chi connectivity index (χ3v) is 5.16. The zero-order valence-corrected chi connectivity index (χ0v) is 14.0. The lowest BCUT2D eigenvalue weighted by Crippen LogP contribution is -2.28. The van der Waals surface area contributed by atoms with Crippen LogP contribution in [0.2, 0.25) is 0 Å². The van der Waals surface area contributed by atoms with E-state index in [1.165, 1.54) is 11.3 Å². The lowest BCUT2D eigenvalue weighted by molar-refractivity contribution is 0.0794. The first-order valence-electron chi connectivity index (χ1n) is 7.81. The van der Waals surface area contributed by atoms with E-state index < -0.39 is 0 Å². The number of hydrogen-bond donors (Lipinski definition) is 0. The fourth-order valence-corrected chi connectivity index (χ4v) is 3.67. The van der Waals surface area contributed by atoms with Gasteiger partial charge in [0.2, 0.25) is 0 Å². The van der Waals surface area contributed by atoms with Crippen LogP contribution in [0.3, 0.4) is 0 Å². The molecule has 3 aromatic rings. The minimum Gasteiger partial charge on any atom is -0.337 e. The summed E-state index contributed by atoms with van der Waals surface area (Å²) >= 11 is 1.39. The van der Waals surface area contributed by atoms with Gasteiger partial charge in [-0.3, -0.25) is 4.79 Å². The van der Waals surface area contributed by atoms with E-state index in [-0.39, 0.29) is 11.8 Å². The molecule has 0 aliphatic carbocycles. The third-order valence-electron chi connectivity index (χ3n) is 4.24. The minimum atomic E-state index is 0.0456. The SMILES string of the molecule is Cc1ncsc1C(=O)N1CCC(c2noc(-c3ccccc3)n2)C1. The summed E-state index contributed by atoms with van der Waals surface area (Å²) in [6.45, 7) is 3.18. The van der Waals surface area contributed by atoms with E-state index in [4.69, 9.17) is 4.52 Å². The van der Waals surface area contributed by atoms with Gasteiger partial charge in [-0.25, -0.2) is 4.98 Å². The fraction of sp³-hybridized carbons (Fsp3) is 0.294. The Morgan fingerprint density at radius 2 is 2.17 bits per heavy atom. The molecule has 4 rings (SSSR count). The monoisotopic (exact) mass is 340 g/mol. The Morgan fingerprint density at radius 1 is 1.33 bits per heavy atom. The van der Waals surface area contributed by atoms with Crippen molar-refractivity contribution in [1.82, 2.24) is 20.0 Å². The van der Waals surface area contributed by atoms with Gasteiger partial charge in [-0.1, -0.05) is 23.4 Å². The summed E-state index contributed by atoms with van der Waals surface area (Å²) in [7, 11) is 0. The Labute approximate surface area is 143 Å². The summed E-state index contributed by atoms with van der Waals surface area (Å²) in [5.74, 6) is 1.35. The molecule has 0 radical (unpaired) electrons. The van der Waals surface area contributed by atoms with Crippen molar-refractivity contribution >= 4 is 17.2 Å². The number of rotatable bonds is 3. The summed E-state index contributed by atoms with van der Waals surface area (Å²) in [6.07, 6.45) is 0.845. The number of likely N-dealkylation sites (tertiary alicyclic amines) is 1. The number of nitrogens with zero attached hydrogens (tertiary/aromatic N) is 4. The molecule has 6 nitrogen and oxygen atoms in total. The van der Waals surface area contributed by atoms with E-state index in [1.807, 2.05) is 42.2 Å². The predicted octanol–water partition coefficient (Wildman–Crippen LogP) is 3.13. The van der Waals surface area contributed by atoms with Crippen LogP contribution < -0.4 is 0 Å². The van der Waals surface area contributed by atoms with Gasteiger partial charge in [0.05, 0.1) is 11.2 Å². The highest BCUT2D eigenvalue weighted by atomic mass is 32.1. The molecule has 0 bridgehead atoms. The Hall–Kier alpha value is -2.54. The van der Waals surface area contributed by atoms with Gasteiger partial charge in [0.1, 0.15) is 4.88 Å². The Morgan fingerprint density at radius 3 is 2.92 bits per heavy atom. The molecule has 1 saturated heterocycles. The summed E-state index contributed by atoms with van der Waals surface area (Å²) in [4.78, 5) is 23.8. The van der Waals surface area contributed by atoms with Crippen LogP contribution in [-0.2, 0) is 0 Å². The molecule has 3 heterocycles. The van der Waals surface area contributed by atoms with Gasteiger partial charge in [-0.15, -0.1) is 11.3 Å². The predicted molar refractivity (Wildman–Crippen MR) is 89.8 cm³/mol. The van der Waals surface area contributed by atoms with E-state index in [0.29, 0.717) is 29.7 Å². The van der Waals surface area contributed by atoms with Crippen LogP contribution in [0.4, 0.5) is 0 Å². The molecule has 1 fully saturated rings. The maximum absolute atomic E-state index is 12.6. The van der Waals surface area contributed by atoms with Crippen molar-refractivity contribution in [3.05, 3.63) is 52.2 Å². The smallest absolute Gasteiger partial charge is 0.265 e. The Balaban J connectivity index is 1.49. The first-order chi connectivity index (χ1) is 11.7. The van der Waals surface area contributed by atoms with E-state index in [9.17, 15) is 4.79 Å². The number of thiazole rings is 1. The van der Waals surface area contributed by atoms with Crippen LogP contribution in [-0.4, -0.2) is 39.0 Å². The molecule has 1 aromatic carbocycles. The number of hydrogen-bond acceptors (Lipinski definition) is 6. The fourth-order valence-electron chi connectivity index (χ4n) is 2.90. The van der Waals surface area contributed by atoms with Gasteiger partial charge in [0.15, 0.2) is 5.82 Å². The largest absolute Gasteiger partial charge is 0.337 e. The van der Waals surface area contributed by atoms with Crippen LogP contribution >= 0.6 is 11.3 Å². The topological polar surface area (TPSA) is 72.1 Å². The van der Waals surface area contributed by atoms with E-state index in [0.717, 1.165) is 17.7 Å². The van der Waals surface area contributed by atoms with Crippen molar-refractivity contribution in [2.45, 2.75) is 19.3 Å². The Kier molecular flexibility index (Phi) is 3.86. The van der Waals surface area contributed by atoms with E-state index in [2.05, 4.69) is 15.1 Å². The number of amides is 1. The zero-order chi connectivity index (χ0) is 16.5. The second-order valence-electron chi connectivity index (χ2n) is 5.83. The highest BCUT2D eigenvalue weighted by molar-refractivity contribution is 7.11. The van der Waals surface area contributed by atoms with Gasteiger partial charge < -0.3 is 9.42 Å². The van der Waals surface area contributed by atoms with Crippen LogP contribution in [0.5, 0.6) is 0 Å². The van der Waals surface area contributed by atoms with Gasteiger partial charge in [-0.05, 0) is 25.5 Å². The summed E-state index contributed by atoms with van der Waals surface area (Å²) in [6, 6.07) is 9.70. The highest BCUT2D eigenvalue weighted by Gasteiger charge is 2.32. The van der Waals surface area contributed by atoms with Gasteiger partial charge in [0, 0.05) is 24.6 Å².